The highest BCUT2D eigenvalue weighted by molar-refractivity contribution is 4.55. The fourth-order valence-corrected chi connectivity index (χ4v) is 0.469. The second-order valence-corrected chi connectivity index (χ2v) is 2.13. The van der Waals surface area contributed by atoms with Gasteiger partial charge in [0.15, 0.2) is 0 Å². The van der Waals surface area contributed by atoms with Gasteiger partial charge >= 0.3 is 0 Å². The van der Waals surface area contributed by atoms with Gasteiger partial charge in [0.05, 0.1) is 10.8 Å². The highest BCUT2D eigenvalue weighted by Gasteiger charge is 2.18. The maximum absolute atomic E-state index is 8.18. The van der Waals surface area contributed by atoms with Gasteiger partial charge in [-0.3, -0.25) is 20.8 Å². The van der Waals surface area contributed by atoms with Crippen LogP contribution in [0.1, 0.15) is 13.8 Å². The highest BCUT2D eigenvalue weighted by Crippen LogP contribution is 2.03. The molecular weight excluding hydrogens is 172 g/mol. The zero-order valence-corrected chi connectivity index (χ0v) is 6.65. The van der Waals surface area contributed by atoms with Crippen LogP contribution in [0.15, 0.2) is 0 Å². The average molecular weight is 184 g/mol. The lowest BCUT2D eigenvalue weighted by Crippen LogP contribution is -2.35. The minimum absolute atomic E-state index is 0.483. The molecule has 8 heteroatoms. The molecule has 12 heavy (non-hydrogen) atoms. The topological polar surface area (TPSA) is 106 Å². The largest absolute Gasteiger partial charge is 0.266 e. The van der Waals surface area contributed by atoms with Crippen molar-refractivity contribution in [3.8, 4) is 0 Å². The van der Waals surface area contributed by atoms with Gasteiger partial charge in [-0.25, -0.2) is 9.68 Å². The summed E-state index contributed by atoms with van der Waals surface area (Å²) < 4.78 is 0. The van der Waals surface area contributed by atoms with Crippen molar-refractivity contribution in [1.82, 2.24) is 10.8 Å². The Morgan fingerprint density at radius 3 is 1.25 bits per heavy atom. The van der Waals surface area contributed by atoms with Crippen molar-refractivity contribution in [2.75, 3.05) is 0 Å². The Hall–Kier alpha value is -0.320. The van der Waals surface area contributed by atoms with Gasteiger partial charge in [0.25, 0.3) is 0 Å². The van der Waals surface area contributed by atoms with E-state index in [4.69, 9.17) is 20.8 Å². The molecule has 8 nitrogen and oxygen atoms in total. The maximum Gasteiger partial charge on any atom is 0.110 e. The van der Waals surface area contributed by atoms with Crippen molar-refractivity contribution in [3.05, 3.63) is 0 Å². The molecule has 4 N–H and O–H groups in total. The fourth-order valence-electron chi connectivity index (χ4n) is 0.469. The molecule has 0 aromatic rings. The van der Waals surface area contributed by atoms with E-state index in [9.17, 15) is 0 Å². The summed E-state index contributed by atoms with van der Waals surface area (Å²) in [7, 11) is 0. The van der Waals surface area contributed by atoms with Crippen LogP contribution in [0, 0.1) is 0 Å². The third kappa shape index (κ3) is 5.35. The Labute approximate surface area is 68.5 Å². The Morgan fingerprint density at radius 2 is 1.08 bits per heavy atom. The monoisotopic (exact) mass is 184 g/mol. The summed E-state index contributed by atoms with van der Waals surface area (Å²) in [5.74, 6) is 0. The normalized spacial score (nSPS) is 17.0. The minimum atomic E-state index is -0.762. The summed E-state index contributed by atoms with van der Waals surface area (Å²) in [6, 6.07) is 0. The summed E-state index contributed by atoms with van der Waals surface area (Å²) in [6.07, 6.45) is -1.52. The van der Waals surface area contributed by atoms with Crippen LogP contribution >= 0.6 is 0 Å². The van der Waals surface area contributed by atoms with Gasteiger partial charge in [0.2, 0.25) is 0 Å². The van der Waals surface area contributed by atoms with Gasteiger partial charge in [-0.05, 0) is 13.8 Å². The molecule has 0 aliphatic carbocycles. The first-order valence-electron chi connectivity index (χ1n) is 3.12. The fraction of sp³-hybridized carbons (Fsp3) is 1.00. The van der Waals surface area contributed by atoms with E-state index < -0.39 is 23.0 Å². The Balaban J connectivity index is 3.68. The lowest BCUT2D eigenvalue weighted by Gasteiger charge is -2.21. The van der Waals surface area contributed by atoms with E-state index in [1.54, 1.807) is 0 Å². The van der Waals surface area contributed by atoms with Crippen LogP contribution in [-0.2, 0) is 9.68 Å². The third-order valence-corrected chi connectivity index (χ3v) is 1.18. The third-order valence-electron chi connectivity index (χ3n) is 1.18. The van der Waals surface area contributed by atoms with Crippen molar-refractivity contribution in [2.24, 2.45) is 0 Å². The van der Waals surface area contributed by atoms with E-state index in [-0.39, 0.29) is 0 Å². The van der Waals surface area contributed by atoms with E-state index in [1.165, 1.54) is 13.8 Å². The van der Waals surface area contributed by atoms with E-state index in [0.717, 1.165) is 0 Å². The highest BCUT2D eigenvalue weighted by atomic mass is 17.1. The Morgan fingerprint density at radius 1 is 0.833 bits per heavy atom. The zero-order chi connectivity index (χ0) is 9.72. The van der Waals surface area contributed by atoms with E-state index in [1.807, 2.05) is 0 Å². The molecule has 0 saturated carbocycles. The predicted octanol–water partition coefficient (Wildman–Crippen LogP) is -0.213. The van der Waals surface area contributed by atoms with Crippen LogP contribution in [0.2, 0.25) is 0 Å². The lowest BCUT2D eigenvalue weighted by molar-refractivity contribution is -0.535. The smallest absolute Gasteiger partial charge is 0.110 e. The SMILES string of the molecule is CC(ON(O)O)C(C)ON(O)O. The molecule has 0 fully saturated rings. The van der Waals surface area contributed by atoms with E-state index in [0.29, 0.717) is 0 Å². The number of rotatable bonds is 5. The van der Waals surface area contributed by atoms with Crippen molar-refractivity contribution in [3.63, 3.8) is 0 Å². The van der Waals surface area contributed by atoms with E-state index >= 15 is 0 Å². The molecule has 0 saturated heterocycles. The molecule has 2 unspecified atom stereocenters. The summed E-state index contributed by atoms with van der Waals surface area (Å²) in [5.41, 5.74) is 0. The molecule has 0 aromatic heterocycles. The van der Waals surface area contributed by atoms with Crippen molar-refractivity contribution >= 4 is 0 Å². The lowest BCUT2D eigenvalue weighted by atomic mass is 10.3. The van der Waals surface area contributed by atoms with Gasteiger partial charge in [-0.15, -0.1) is 0 Å². The van der Waals surface area contributed by atoms with Crippen LogP contribution in [0.4, 0.5) is 0 Å². The van der Waals surface area contributed by atoms with Gasteiger partial charge < -0.3 is 0 Å². The number of nitrogens with zero attached hydrogens (tertiary/aromatic N) is 2. The molecule has 0 heterocycles. The summed E-state index contributed by atoms with van der Waals surface area (Å²) >= 11 is 0. The Bertz CT molecular complexity index is 106. The first kappa shape index (κ1) is 11.7. The van der Waals surface area contributed by atoms with E-state index in [2.05, 4.69) is 9.68 Å². The molecule has 0 amide bonds. The molecule has 74 valence electrons. The second-order valence-electron chi connectivity index (χ2n) is 2.13. The zero-order valence-electron chi connectivity index (χ0n) is 6.65. The molecular formula is C4H12N2O6. The summed E-state index contributed by atoms with van der Waals surface area (Å²) in [6.45, 7) is 2.88. The summed E-state index contributed by atoms with van der Waals surface area (Å²) in [4.78, 5) is 8.57. The maximum atomic E-state index is 8.18. The van der Waals surface area contributed by atoms with Crippen LogP contribution < -0.4 is 0 Å². The quantitative estimate of drug-likeness (QED) is 0.435. The van der Waals surface area contributed by atoms with Crippen molar-refractivity contribution < 1.29 is 30.5 Å². The van der Waals surface area contributed by atoms with Crippen LogP contribution in [0.3, 0.4) is 0 Å². The number of hydrogen-bond donors (Lipinski definition) is 4. The van der Waals surface area contributed by atoms with Gasteiger partial charge in [0.1, 0.15) is 12.2 Å². The predicted molar refractivity (Wildman–Crippen MR) is 31.9 cm³/mol. The second kappa shape index (κ2) is 5.35. The van der Waals surface area contributed by atoms with Crippen LogP contribution in [0.5, 0.6) is 0 Å². The van der Waals surface area contributed by atoms with Crippen molar-refractivity contribution in [2.45, 2.75) is 26.1 Å². The van der Waals surface area contributed by atoms with Gasteiger partial charge in [-0.1, -0.05) is 0 Å². The molecule has 2 atom stereocenters. The van der Waals surface area contributed by atoms with Crippen molar-refractivity contribution in [1.29, 1.82) is 0 Å². The molecule has 0 radical (unpaired) electrons. The molecule has 0 aliphatic rings. The first-order chi connectivity index (χ1) is 5.43. The summed E-state index contributed by atoms with van der Waals surface area (Å²) in [5, 5.41) is 31.7. The molecule has 0 aliphatic heterocycles. The standard InChI is InChI=1S/C4H12N2O6/c1-3(11-5(7)8)4(2)12-6(9)10/h3-4,7-10H,1-2H3. The van der Waals surface area contributed by atoms with Gasteiger partial charge in [-0.2, -0.15) is 0 Å². The molecule has 0 bridgehead atoms. The number of hydrogen-bond acceptors (Lipinski definition) is 8. The van der Waals surface area contributed by atoms with Crippen LogP contribution in [-0.4, -0.2) is 43.8 Å². The average Bonchev–Trinajstić information content (AvgIpc) is 1.84. The molecule has 0 rings (SSSR count). The molecule has 0 aromatic carbocycles. The first-order valence-corrected chi connectivity index (χ1v) is 3.12. The molecule has 0 spiro atoms. The van der Waals surface area contributed by atoms with Gasteiger partial charge in [0, 0.05) is 0 Å². The Kier molecular flexibility index (Phi) is 5.20. The minimum Gasteiger partial charge on any atom is -0.266 e. The van der Waals surface area contributed by atoms with Crippen LogP contribution in [0.25, 0.3) is 0 Å².